The molecule has 1 amide bonds. The topological polar surface area (TPSA) is 97.4 Å². The van der Waals surface area contributed by atoms with Gasteiger partial charge in [-0.25, -0.2) is 0 Å². The van der Waals surface area contributed by atoms with Crippen molar-refractivity contribution in [1.29, 1.82) is 0 Å². The number of nitrogens with zero attached hydrogens (tertiary/aromatic N) is 2. The van der Waals surface area contributed by atoms with Crippen LogP contribution in [0.2, 0.25) is 0 Å². The molecule has 1 N–H and O–H groups in total. The van der Waals surface area contributed by atoms with Crippen LogP contribution >= 0.6 is 0 Å². The summed E-state index contributed by atoms with van der Waals surface area (Å²) in [7, 11) is 5.33. The Balaban J connectivity index is 2.12. The molecule has 30 heavy (non-hydrogen) atoms. The number of amides is 1. The van der Waals surface area contributed by atoms with Gasteiger partial charge in [0, 0.05) is 33.3 Å². The quantitative estimate of drug-likeness (QED) is 0.643. The third-order valence-corrected chi connectivity index (χ3v) is 6.30. The van der Waals surface area contributed by atoms with E-state index in [1.54, 1.807) is 36.4 Å². The van der Waals surface area contributed by atoms with Gasteiger partial charge in [-0.2, -0.15) is 12.7 Å². The molecule has 0 fully saturated rings. The van der Waals surface area contributed by atoms with Gasteiger partial charge in [-0.1, -0.05) is 0 Å². The third-order valence-electron chi connectivity index (χ3n) is 4.48. The monoisotopic (exact) mass is 437 g/mol. The van der Waals surface area contributed by atoms with Crippen LogP contribution in [0.1, 0.15) is 15.9 Å². The molecule has 2 aromatic carbocycles. The molecule has 0 radical (unpaired) electrons. The molecular formula is C20H27N3O6S. The average molecular weight is 438 g/mol. The minimum Gasteiger partial charge on any atom is -0.493 e. The summed E-state index contributed by atoms with van der Waals surface area (Å²) >= 11 is 0. The highest BCUT2D eigenvalue weighted by Gasteiger charge is 2.21. The zero-order valence-electron chi connectivity index (χ0n) is 17.9. The summed E-state index contributed by atoms with van der Waals surface area (Å²) in [5, 5.41) is 2.82. The van der Waals surface area contributed by atoms with E-state index >= 15 is 0 Å². The van der Waals surface area contributed by atoms with Crippen molar-refractivity contribution < 1.29 is 27.4 Å². The van der Waals surface area contributed by atoms with Crippen molar-refractivity contribution in [3.8, 4) is 17.2 Å². The summed E-state index contributed by atoms with van der Waals surface area (Å²) in [6.07, 6.45) is 0. The molecule has 0 spiro atoms. The largest absolute Gasteiger partial charge is 0.493 e. The molecule has 9 nitrogen and oxygen atoms in total. The highest BCUT2D eigenvalue weighted by Crippen LogP contribution is 2.38. The van der Waals surface area contributed by atoms with E-state index < -0.39 is 10.2 Å². The zero-order valence-corrected chi connectivity index (χ0v) is 18.7. The van der Waals surface area contributed by atoms with Crippen molar-refractivity contribution in [1.82, 2.24) is 9.62 Å². The molecule has 164 valence electrons. The van der Waals surface area contributed by atoms with E-state index in [1.165, 1.54) is 42.5 Å². The van der Waals surface area contributed by atoms with Gasteiger partial charge >= 0.3 is 10.2 Å². The number of nitrogens with one attached hydrogen (secondary N) is 1. The minimum atomic E-state index is -3.60. The fraction of sp³-hybridized carbons (Fsp3) is 0.350. The predicted octanol–water partition coefficient (Wildman–Crippen LogP) is 1.88. The SMILES string of the molecule is COc1cc(CNC(=O)c2ccc(N(C)S(=O)(=O)N(C)C)cc2)cc(OC)c1OC. The van der Waals surface area contributed by atoms with E-state index in [4.69, 9.17) is 14.2 Å². The molecule has 0 saturated heterocycles. The molecule has 0 atom stereocenters. The van der Waals surface area contributed by atoms with Crippen molar-refractivity contribution in [3.05, 3.63) is 47.5 Å². The van der Waals surface area contributed by atoms with Crippen LogP contribution in [-0.2, 0) is 16.8 Å². The second-order valence-corrected chi connectivity index (χ2v) is 8.69. The number of hydrogen-bond donors (Lipinski definition) is 1. The molecule has 0 saturated carbocycles. The van der Waals surface area contributed by atoms with Crippen molar-refractivity contribution in [2.24, 2.45) is 0 Å². The first-order valence-corrected chi connectivity index (χ1v) is 10.4. The summed E-state index contributed by atoms with van der Waals surface area (Å²) < 4.78 is 42.6. The number of anilines is 1. The lowest BCUT2D eigenvalue weighted by Gasteiger charge is -2.23. The van der Waals surface area contributed by atoms with Gasteiger partial charge in [0.15, 0.2) is 11.5 Å². The van der Waals surface area contributed by atoms with Crippen LogP contribution in [0.3, 0.4) is 0 Å². The Labute approximate surface area is 177 Å². The van der Waals surface area contributed by atoms with Crippen LogP contribution in [0.25, 0.3) is 0 Å². The van der Waals surface area contributed by atoms with Gasteiger partial charge < -0.3 is 19.5 Å². The van der Waals surface area contributed by atoms with Crippen LogP contribution in [0.4, 0.5) is 5.69 Å². The molecule has 0 aliphatic heterocycles. The smallest absolute Gasteiger partial charge is 0.303 e. The number of hydrogen-bond acceptors (Lipinski definition) is 6. The highest BCUT2D eigenvalue weighted by molar-refractivity contribution is 7.90. The van der Waals surface area contributed by atoms with Gasteiger partial charge in [-0.15, -0.1) is 0 Å². The number of benzene rings is 2. The summed E-state index contributed by atoms with van der Waals surface area (Å²) in [5.74, 6) is 1.17. The van der Waals surface area contributed by atoms with Crippen LogP contribution in [0, 0.1) is 0 Å². The summed E-state index contributed by atoms with van der Waals surface area (Å²) in [6.45, 7) is 0.242. The Morgan fingerprint density at radius 3 is 1.90 bits per heavy atom. The normalized spacial score (nSPS) is 11.2. The molecule has 2 rings (SSSR count). The Bertz CT molecular complexity index is 965. The first kappa shape index (κ1) is 23.3. The Kier molecular flexibility index (Phi) is 7.52. The lowest BCUT2D eigenvalue weighted by atomic mass is 10.1. The fourth-order valence-corrected chi connectivity index (χ4v) is 3.60. The van der Waals surface area contributed by atoms with Gasteiger partial charge in [-0.05, 0) is 42.0 Å². The van der Waals surface area contributed by atoms with Crippen LogP contribution in [-0.4, -0.2) is 61.1 Å². The Morgan fingerprint density at radius 1 is 0.933 bits per heavy atom. The lowest BCUT2D eigenvalue weighted by molar-refractivity contribution is 0.0951. The Morgan fingerprint density at radius 2 is 1.47 bits per heavy atom. The molecule has 0 heterocycles. The number of carbonyl (C=O) groups is 1. The fourth-order valence-electron chi connectivity index (χ4n) is 2.72. The van der Waals surface area contributed by atoms with Crippen molar-refractivity contribution in [2.45, 2.75) is 6.54 Å². The van der Waals surface area contributed by atoms with Gasteiger partial charge in [-0.3, -0.25) is 9.10 Å². The van der Waals surface area contributed by atoms with E-state index in [0.717, 1.165) is 14.2 Å². The van der Waals surface area contributed by atoms with Crippen LogP contribution in [0.15, 0.2) is 36.4 Å². The van der Waals surface area contributed by atoms with Gasteiger partial charge in [0.2, 0.25) is 5.75 Å². The molecule has 0 aromatic heterocycles. The van der Waals surface area contributed by atoms with Crippen LogP contribution in [0.5, 0.6) is 17.2 Å². The highest BCUT2D eigenvalue weighted by atomic mass is 32.2. The lowest BCUT2D eigenvalue weighted by Crippen LogP contribution is -2.37. The number of carbonyl (C=O) groups excluding carboxylic acids is 1. The summed E-state index contributed by atoms with van der Waals surface area (Å²) in [6, 6.07) is 9.81. The Hall–Kier alpha value is -2.98. The predicted molar refractivity (Wildman–Crippen MR) is 115 cm³/mol. The number of methoxy groups -OCH3 is 3. The van der Waals surface area contributed by atoms with Crippen molar-refractivity contribution in [2.75, 3.05) is 46.8 Å². The number of rotatable bonds is 9. The van der Waals surface area contributed by atoms with Crippen LogP contribution < -0.4 is 23.8 Å². The summed E-state index contributed by atoms with van der Waals surface area (Å²) in [4.78, 5) is 12.5. The standard InChI is InChI=1S/C20H27N3O6S/c1-22(2)30(25,26)23(3)16-9-7-15(8-10-16)20(24)21-13-14-11-17(27-4)19(29-6)18(12-14)28-5/h7-12H,13H2,1-6H3,(H,21,24). The average Bonchev–Trinajstić information content (AvgIpc) is 2.75. The maximum Gasteiger partial charge on any atom is 0.303 e. The summed E-state index contributed by atoms with van der Waals surface area (Å²) in [5.41, 5.74) is 1.62. The van der Waals surface area contributed by atoms with Gasteiger partial charge in [0.25, 0.3) is 5.91 Å². The third kappa shape index (κ3) is 4.95. The molecule has 0 aliphatic carbocycles. The minimum absolute atomic E-state index is 0.242. The van der Waals surface area contributed by atoms with Gasteiger partial charge in [0.05, 0.1) is 27.0 Å². The maximum absolute atomic E-state index is 12.5. The van der Waals surface area contributed by atoms with E-state index in [0.29, 0.717) is 28.5 Å². The molecule has 0 bridgehead atoms. The van der Waals surface area contributed by atoms with E-state index in [9.17, 15) is 13.2 Å². The molecule has 0 aliphatic rings. The van der Waals surface area contributed by atoms with E-state index in [-0.39, 0.29) is 12.5 Å². The molecule has 10 heteroatoms. The molecular weight excluding hydrogens is 410 g/mol. The zero-order chi connectivity index (χ0) is 22.5. The molecule has 2 aromatic rings. The number of ether oxygens (including phenoxy) is 3. The first-order chi connectivity index (χ1) is 14.1. The second-order valence-electron chi connectivity index (χ2n) is 6.52. The van der Waals surface area contributed by atoms with Crippen molar-refractivity contribution >= 4 is 21.8 Å². The van der Waals surface area contributed by atoms with Gasteiger partial charge in [0.1, 0.15) is 0 Å². The molecule has 0 unspecified atom stereocenters. The first-order valence-electron chi connectivity index (χ1n) is 8.99. The van der Waals surface area contributed by atoms with Crippen molar-refractivity contribution in [3.63, 3.8) is 0 Å². The van der Waals surface area contributed by atoms with E-state index in [1.807, 2.05) is 0 Å². The van der Waals surface area contributed by atoms with E-state index in [2.05, 4.69) is 5.32 Å². The second kappa shape index (κ2) is 9.68. The maximum atomic E-state index is 12.5.